The highest BCUT2D eigenvalue weighted by Gasteiger charge is 2.17. The number of rotatable bonds is 7. The smallest absolute Gasteiger partial charge is 0.255 e. The van der Waals surface area contributed by atoms with Crippen LogP contribution in [0.1, 0.15) is 30.6 Å². The van der Waals surface area contributed by atoms with Gasteiger partial charge in [-0.15, -0.1) is 0 Å². The number of nitrogens with one attached hydrogen (secondary N) is 2. The Morgan fingerprint density at radius 3 is 2.50 bits per heavy atom. The molecule has 0 radical (unpaired) electrons. The van der Waals surface area contributed by atoms with Gasteiger partial charge < -0.3 is 9.88 Å². The molecule has 2 aromatic carbocycles. The van der Waals surface area contributed by atoms with Gasteiger partial charge in [0.2, 0.25) is 10.0 Å². The van der Waals surface area contributed by atoms with Gasteiger partial charge in [-0.3, -0.25) is 4.79 Å². The molecule has 1 heterocycles. The van der Waals surface area contributed by atoms with Crippen LogP contribution >= 0.6 is 0 Å². The average molecular weight is 398 g/mol. The van der Waals surface area contributed by atoms with Crippen molar-refractivity contribution in [2.24, 2.45) is 0 Å². The number of nitrogens with zero attached hydrogens (tertiary/aromatic N) is 2. The maximum atomic E-state index is 12.6. The Labute approximate surface area is 164 Å². The molecule has 0 fully saturated rings. The van der Waals surface area contributed by atoms with Crippen molar-refractivity contribution in [3.63, 3.8) is 0 Å². The van der Waals surface area contributed by atoms with Crippen LogP contribution in [-0.2, 0) is 10.0 Å². The van der Waals surface area contributed by atoms with Crippen LogP contribution in [0, 0.1) is 0 Å². The summed E-state index contributed by atoms with van der Waals surface area (Å²) >= 11 is 0. The summed E-state index contributed by atoms with van der Waals surface area (Å²) in [5, 5.41) is 2.86. The Kier molecular flexibility index (Phi) is 5.91. The lowest BCUT2D eigenvalue weighted by Crippen LogP contribution is -2.32. The Morgan fingerprint density at radius 2 is 1.86 bits per heavy atom. The van der Waals surface area contributed by atoms with E-state index in [0.717, 1.165) is 5.69 Å². The zero-order valence-electron chi connectivity index (χ0n) is 15.7. The fourth-order valence-electron chi connectivity index (χ4n) is 2.60. The van der Waals surface area contributed by atoms with E-state index in [9.17, 15) is 13.2 Å². The Balaban J connectivity index is 1.78. The van der Waals surface area contributed by atoms with E-state index in [1.54, 1.807) is 36.3 Å². The first kappa shape index (κ1) is 19.8. The third kappa shape index (κ3) is 4.47. The Bertz CT molecular complexity index is 1050. The van der Waals surface area contributed by atoms with Crippen LogP contribution in [0.4, 0.5) is 5.69 Å². The van der Waals surface area contributed by atoms with Crippen LogP contribution in [0.25, 0.3) is 5.69 Å². The standard InChI is InChI=1S/C20H22N4O3S/c1-3-15(2)23-28(26,27)17-10-8-16(9-11-17)20(25)22-18-6-4-5-7-19(18)24-13-12-21-14-24/h4-15,23H,3H2,1-2H3,(H,22,25). The minimum Gasteiger partial charge on any atom is -0.320 e. The quantitative estimate of drug-likeness (QED) is 0.639. The van der Waals surface area contributed by atoms with Crippen molar-refractivity contribution >= 4 is 21.6 Å². The molecule has 0 saturated carbocycles. The number of amides is 1. The molecule has 8 heteroatoms. The van der Waals surface area contributed by atoms with Gasteiger partial charge in [0, 0.05) is 24.0 Å². The minimum atomic E-state index is -3.60. The molecule has 3 rings (SSSR count). The van der Waals surface area contributed by atoms with Crippen LogP contribution in [0.15, 0.2) is 72.1 Å². The van der Waals surface area contributed by atoms with Gasteiger partial charge in [-0.05, 0) is 49.7 Å². The molecule has 0 aliphatic rings. The highest BCUT2D eigenvalue weighted by Crippen LogP contribution is 2.21. The van der Waals surface area contributed by atoms with Crippen LogP contribution in [0.2, 0.25) is 0 Å². The number of sulfonamides is 1. The second-order valence-corrected chi connectivity index (χ2v) is 8.11. The van der Waals surface area contributed by atoms with Gasteiger partial charge in [0.05, 0.1) is 22.6 Å². The van der Waals surface area contributed by atoms with E-state index in [2.05, 4.69) is 15.0 Å². The SMILES string of the molecule is CCC(C)NS(=O)(=O)c1ccc(C(=O)Nc2ccccc2-n2ccnc2)cc1. The lowest BCUT2D eigenvalue weighted by atomic mass is 10.2. The number of imidazole rings is 1. The van der Waals surface area contributed by atoms with Crippen LogP contribution in [-0.4, -0.2) is 29.9 Å². The van der Waals surface area contributed by atoms with E-state index in [0.29, 0.717) is 17.7 Å². The molecule has 1 aromatic heterocycles. The van der Waals surface area contributed by atoms with E-state index in [-0.39, 0.29) is 16.8 Å². The normalized spacial score (nSPS) is 12.5. The third-order valence-corrected chi connectivity index (χ3v) is 5.94. The van der Waals surface area contributed by atoms with E-state index >= 15 is 0 Å². The summed E-state index contributed by atoms with van der Waals surface area (Å²) < 4.78 is 29.1. The zero-order valence-corrected chi connectivity index (χ0v) is 16.5. The lowest BCUT2D eigenvalue weighted by Gasteiger charge is -2.13. The largest absolute Gasteiger partial charge is 0.320 e. The van der Waals surface area contributed by atoms with E-state index in [4.69, 9.17) is 0 Å². The number of hydrogen-bond acceptors (Lipinski definition) is 4. The molecule has 0 saturated heterocycles. The molecule has 2 N–H and O–H groups in total. The topological polar surface area (TPSA) is 93.1 Å². The molecule has 1 unspecified atom stereocenters. The predicted octanol–water partition coefficient (Wildman–Crippen LogP) is 3.20. The van der Waals surface area contributed by atoms with Crippen molar-refractivity contribution in [3.05, 3.63) is 72.8 Å². The molecule has 0 bridgehead atoms. The Hall–Kier alpha value is -2.97. The number of carbonyl (C=O) groups is 1. The fraction of sp³-hybridized carbons (Fsp3) is 0.200. The summed E-state index contributed by atoms with van der Waals surface area (Å²) in [6, 6.07) is 13.1. The van der Waals surface area contributed by atoms with Crippen molar-refractivity contribution in [1.29, 1.82) is 0 Å². The van der Waals surface area contributed by atoms with Gasteiger partial charge in [-0.1, -0.05) is 19.1 Å². The van der Waals surface area contributed by atoms with E-state index < -0.39 is 10.0 Å². The first-order valence-electron chi connectivity index (χ1n) is 8.92. The second-order valence-electron chi connectivity index (χ2n) is 6.40. The van der Waals surface area contributed by atoms with Crippen LogP contribution in [0.3, 0.4) is 0 Å². The van der Waals surface area contributed by atoms with Crippen molar-refractivity contribution in [1.82, 2.24) is 14.3 Å². The summed E-state index contributed by atoms with van der Waals surface area (Å²) in [5.74, 6) is -0.327. The minimum absolute atomic E-state index is 0.128. The molecule has 28 heavy (non-hydrogen) atoms. The summed E-state index contributed by atoms with van der Waals surface area (Å²) in [6.07, 6.45) is 5.78. The monoisotopic (exact) mass is 398 g/mol. The molecule has 0 spiro atoms. The molecule has 146 valence electrons. The van der Waals surface area contributed by atoms with Crippen molar-refractivity contribution in [3.8, 4) is 5.69 Å². The first-order chi connectivity index (χ1) is 13.4. The first-order valence-corrected chi connectivity index (χ1v) is 10.4. The molecular weight excluding hydrogens is 376 g/mol. The van der Waals surface area contributed by atoms with Gasteiger partial charge in [0.25, 0.3) is 5.91 Å². The van der Waals surface area contributed by atoms with Crippen LogP contribution in [0.5, 0.6) is 0 Å². The second kappa shape index (κ2) is 8.37. The highest BCUT2D eigenvalue weighted by molar-refractivity contribution is 7.89. The molecule has 0 aliphatic carbocycles. The average Bonchev–Trinajstić information content (AvgIpc) is 3.22. The molecule has 1 amide bonds. The predicted molar refractivity (Wildman–Crippen MR) is 108 cm³/mol. The van der Waals surface area contributed by atoms with Crippen molar-refractivity contribution in [2.45, 2.75) is 31.2 Å². The third-order valence-electron chi connectivity index (χ3n) is 4.33. The lowest BCUT2D eigenvalue weighted by molar-refractivity contribution is 0.102. The van der Waals surface area contributed by atoms with Gasteiger partial charge in [0.15, 0.2) is 0 Å². The number of hydrogen-bond donors (Lipinski definition) is 2. The molecule has 3 aromatic rings. The number of aromatic nitrogens is 2. The van der Waals surface area contributed by atoms with Crippen LogP contribution < -0.4 is 10.0 Å². The number of para-hydroxylation sites is 2. The highest BCUT2D eigenvalue weighted by atomic mass is 32.2. The molecule has 1 atom stereocenters. The van der Waals surface area contributed by atoms with Crippen molar-refractivity contribution < 1.29 is 13.2 Å². The number of anilines is 1. The molecule has 0 aliphatic heterocycles. The van der Waals surface area contributed by atoms with Crippen molar-refractivity contribution in [2.75, 3.05) is 5.32 Å². The summed E-state index contributed by atoms with van der Waals surface area (Å²) in [6.45, 7) is 3.71. The van der Waals surface area contributed by atoms with Gasteiger partial charge in [-0.2, -0.15) is 0 Å². The summed E-state index contributed by atoms with van der Waals surface area (Å²) in [7, 11) is -3.60. The van der Waals surface area contributed by atoms with Gasteiger partial charge >= 0.3 is 0 Å². The fourth-order valence-corrected chi connectivity index (χ4v) is 3.93. The molecule has 7 nitrogen and oxygen atoms in total. The maximum Gasteiger partial charge on any atom is 0.255 e. The van der Waals surface area contributed by atoms with E-state index in [1.807, 2.05) is 25.1 Å². The van der Waals surface area contributed by atoms with Gasteiger partial charge in [0.1, 0.15) is 0 Å². The summed E-state index contributed by atoms with van der Waals surface area (Å²) in [4.78, 5) is 16.8. The maximum absolute atomic E-state index is 12.6. The summed E-state index contributed by atoms with van der Waals surface area (Å²) in [5.41, 5.74) is 1.77. The zero-order chi connectivity index (χ0) is 20.1. The number of benzene rings is 2. The van der Waals surface area contributed by atoms with E-state index in [1.165, 1.54) is 24.3 Å². The van der Waals surface area contributed by atoms with Gasteiger partial charge in [-0.25, -0.2) is 18.1 Å². The number of carbonyl (C=O) groups excluding carboxylic acids is 1. The molecular formula is C20H22N4O3S. The Morgan fingerprint density at radius 1 is 1.14 bits per heavy atom.